The number of hydrogen-bond acceptors (Lipinski definition) is 5. The van der Waals surface area contributed by atoms with Gasteiger partial charge in [0.15, 0.2) is 0 Å². The van der Waals surface area contributed by atoms with Gasteiger partial charge < -0.3 is 15.4 Å². The van der Waals surface area contributed by atoms with Gasteiger partial charge in [-0.25, -0.2) is 8.42 Å². The summed E-state index contributed by atoms with van der Waals surface area (Å²) in [5, 5.41) is 5.61. The monoisotopic (exact) mass is 523 g/mol. The van der Waals surface area contributed by atoms with Gasteiger partial charge in [-0.15, -0.1) is 0 Å². The molecule has 8 nitrogen and oxygen atoms in total. The third-order valence-electron chi connectivity index (χ3n) is 5.93. The summed E-state index contributed by atoms with van der Waals surface area (Å²) in [6.07, 6.45) is 0.754. The summed E-state index contributed by atoms with van der Waals surface area (Å²) in [4.78, 5) is 26.1. The number of aryl methyl sites for hydroxylation is 2. The highest BCUT2D eigenvalue weighted by Crippen LogP contribution is 2.33. The van der Waals surface area contributed by atoms with E-state index in [1.807, 2.05) is 27.7 Å². The fraction of sp³-hybridized carbons (Fsp3) is 0.286. The Labute approximate surface area is 218 Å². The molecule has 0 aliphatic carbocycles. The first-order valence-corrected chi connectivity index (χ1v) is 13.4. The number of rotatable bonds is 10. The van der Waals surface area contributed by atoms with Gasteiger partial charge >= 0.3 is 0 Å². The van der Waals surface area contributed by atoms with E-state index in [9.17, 15) is 18.0 Å². The lowest BCUT2D eigenvalue weighted by Gasteiger charge is -2.26. The zero-order chi connectivity index (χ0) is 27.2. The molecule has 9 heteroatoms. The number of sulfonamides is 1. The molecule has 1 atom stereocenters. The molecule has 0 aromatic heterocycles. The average Bonchev–Trinajstić information content (AvgIpc) is 2.87. The normalized spacial score (nSPS) is 11.9. The van der Waals surface area contributed by atoms with E-state index in [4.69, 9.17) is 4.74 Å². The summed E-state index contributed by atoms with van der Waals surface area (Å²) >= 11 is 0. The molecule has 0 saturated heterocycles. The Morgan fingerprint density at radius 1 is 0.973 bits per heavy atom. The number of benzene rings is 3. The van der Waals surface area contributed by atoms with Crippen LogP contribution in [-0.2, 0) is 14.8 Å². The summed E-state index contributed by atoms with van der Waals surface area (Å²) in [6.45, 7) is 7.01. The van der Waals surface area contributed by atoms with Gasteiger partial charge in [-0.1, -0.05) is 42.8 Å². The Bertz CT molecular complexity index is 1370. The van der Waals surface area contributed by atoms with Crippen LogP contribution in [0, 0.1) is 13.8 Å². The first kappa shape index (κ1) is 27.7. The number of ether oxygens (including phenoxy) is 1. The smallest absolute Gasteiger partial charge is 0.264 e. The average molecular weight is 524 g/mol. The van der Waals surface area contributed by atoms with E-state index in [2.05, 4.69) is 10.6 Å². The topological polar surface area (TPSA) is 105 Å². The molecule has 37 heavy (non-hydrogen) atoms. The van der Waals surface area contributed by atoms with Crippen LogP contribution < -0.4 is 19.7 Å². The van der Waals surface area contributed by atoms with Gasteiger partial charge in [-0.3, -0.25) is 13.9 Å². The molecule has 0 unspecified atom stereocenters. The molecule has 3 aromatic carbocycles. The van der Waals surface area contributed by atoms with E-state index >= 15 is 0 Å². The van der Waals surface area contributed by atoms with Crippen LogP contribution in [0.5, 0.6) is 5.75 Å². The highest BCUT2D eigenvalue weighted by atomic mass is 32.2. The number of anilines is 2. The molecule has 2 N–H and O–H groups in total. The minimum Gasteiger partial charge on any atom is -0.495 e. The molecule has 0 fully saturated rings. The van der Waals surface area contributed by atoms with E-state index in [1.165, 1.54) is 19.2 Å². The number of carbonyl (C=O) groups is 2. The Balaban J connectivity index is 1.99. The van der Waals surface area contributed by atoms with Crippen LogP contribution in [0.1, 0.15) is 41.8 Å². The van der Waals surface area contributed by atoms with Crippen molar-refractivity contribution in [3.8, 4) is 5.75 Å². The summed E-state index contributed by atoms with van der Waals surface area (Å²) in [5.41, 5.74) is 2.52. The maximum absolute atomic E-state index is 13.8. The molecule has 0 heterocycles. The molecule has 0 aliphatic rings. The number of nitrogens with one attached hydrogen (secondary N) is 2. The Kier molecular flexibility index (Phi) is 8.94. The number of nitrogens with zero attached hydrogens (tertiary/aromatic N) is 1. The van der Waals surface area contributed by atoms with Crippen LogP contribution in [0.3, 0.4) is 0 Å². The Hall–Kier alpha value is -3.85. The largest absolute Gasteiger partial charge is 0.495 e. The van der Waals surface area contributed by atoms with Gasteiger partial charge in [0.25, 0.3) is 15.9 Å². The fourth-order valence-electron chi connectivity index (χ4n) is 3.65. The summed E-state index contributed by atoms with van der Waals surface area (Å²) in [6, 6.07) is 18.1. The lowest BCUT2D eigenvalue weighted by molar-refractivity contribution is -0.114. The van der Waals surface area contributed by atoms with Gasteiger partial charge in [0.05, 0.1) is 28.9 Å². The molecule has 0 bridgehead atoms. The standard InChI is InChI=1S/C28H33N3O5S/c1-6-21(4)29-28(33)23-9-7-8-10-24(23)30-27(32)18-31(25-17-20(3)13-16-26(25)36-5)37(34,35)22-14-11-19(2)12-15-22/h7-17,21H,6,18H2,1-5H3,(H,29,33)(H,30,32)/t21-/m0/s1. The lowest BCUT2D eigenvalue weighted by atomic mass is 10.1. The lowest BCUT2D eigenvalue weighted by Crippen LogP contribution is -2.39. The quantitative estimate of drug-likeness (QED) is 0.402. The number of hydrogen-bond donors (Lipinski definition) is 2. The van der Waals surface area contributed by atoms with Gasteiger partial charge in [0.2, 0.25) is 5.91 Å². The number of amides is 2. The summed E-state index contributed by atoms with van der Waals surface area (Å²) < 4.78 is 34.0. The van der Waals surface area contributed by atoms with Crippen molar-refractivity contribution in [2.24, 2.45) is 0 Å². The Morgan fingerprint density at radius 3 is 2.27 bits per heavy atom. The maximum Gasteiger partial charge on any atom is 0.264 e. The van der Waals surface area contributed by atoms with Gasteiger partial charge in [0.1, 0.15) is 12.3 Å². The molecule has 0 spiro atoms. The van der Waals surface area contributed by atoms with Crippen molar-refractivity contribution in [3.05, 3.63) is 83.4 Å². The van der Waals surface area contributed by atoms with Gasteiger partial charge in [0, 0.05) is 6.04 Å². The third kappa shape index (κ3) is 6.68. The van der Waals surface area contributed by atoms with Crippen LogP contribution in [0.15, 0.2) is 71.6 Å². The molecular weight excluding hydrogens is 490 g/mol. The van der Waals surface area contributed by atoms with E-state index in [0.717, 1.165) is 21.9 Å². The first-order valence-electron chi connectivity index (χ1n) is 12.0. The van der Waals surface area contributed by atoms with Gasteiger partial charge in [-0.05, 0) is 69.2 Å². The molecule has 2 amide bonds. The predicted octanol–water partition coefficient (Wildman–Crippen LogP) is 4.67. The van der Waals surface area contributed by atoms with Crippen LogP contribution >= 0.6 is 0 Å². The van der Waals surface area contributed by atoms with Crippen molar-refractivity contribution in [2.45, 2.75) is 45.1 Å². The maximum atomic E-state index is 13.8. The molecule has 0 saturated carbocycles. The van der Waals surface area contributed by atoms with E-state index in [0.29, 0.717) is 5.75 Å². The molecule has 3 rings (SSSR count). The number of para-hydroxylation sites is 1. The molecular formula is C28H33N3O5S. The van der Waals surface area contributed by atoms with Crippen LogP contribution in [-0.4, -0.2) is 39.9 Å². The zero-order valence-corrected chi connectivity index (χ0v) is 22.6. The highest BCUT2D eigenvalue weighted by Gasteiger charge is 2.30. The molecule has 0 aliphatic heterocycles. The zero-order valence-electron chi connectivity index (χ0n) is 21.7. The van der Waals surface area contributed by atoms with E-state index < -0.39 is 22.5 Å². The highest BCUT2D eigenvalue weighted by molar-refractivity contribution is 7.92. The SMILES string of the molecule is CC[C@H](C)NC(=O)c1ccccc1NC(=O)CN(c1cc(C)ccc1OC)S(=O)(=O)c1ccc(C)cc1. The second-order valence-electron chi connectivity index (χ2n) is 8.88. The minimum atomic E-state index is -4.14. The van der Waals surface area contributed by atoms with Crippen molar-refractivity contribution < 1.29 is 22.7 Å². The van der Waals surface area contributed by atoms with E-state index in [-0.39, 0.29) is 33.8 Å². The molecule has 3 aromatic rings. The summed E-state index contributed by atoms with van der Waals surface area (Å²) in [7, 11) is -2.70. The second-order valence-corrected chi connectivity index (χ2v) is 10.7. The van der Waals surface area contributed by atoms with Crippen molar-refractivity contribution >= 4 is 33.2 Å². The number of methoxy groups -OCH3 is 1. The molecule has 0 radical (unpaired) electrons. The van der Waals surface area contributed by atoms with E-state index in [1.54, 1.807) is 54.6 Å². The summed E-state index contributed by atoms with van der Waals surface area (Å²) in [5.74, 6) is -0.625. The Morgan fingerprint density at radius 2 is 1.62 bits per heavy atom. The number of carbonyl (C=O) groups excluding carboxylic acids is 2. The van der Waals surface area contributed by atoms with Gasteiger partial charge in [-0.2, -0.15) is 0 Å². The predicted molar refractivity (Wildman–Crippen MR) is 146 cm³/mol. The third-order valence-corrected chi connectivity index (χ3v) is 7.71. The van der Waals surface area contributed by atoms with Crippen LogP contribution in [0.2, 0.25) is 0 Å². The van der Waals surface area contributed by atoms with Crippen LogP contribution in [0.25, 0.3) is 0 Å². The van der Waals surface area contributed by atoms with Crippen LogP contribution in [0.4, 0.5) is 11.4 Å². The second kappa shape index (κ2) is 11.9. The van der Waals surface area contributed by atoms with Crippen molar-refractivity contribution in [2.75, 3.05) is 23.3 Å². The van der Waals surface area contributed by atoms with Crippen molar-refractivity contribution in [1.82, 2.24) is 5.32 Å². The minimum absolute atomic E-state index is 0.0415. The van der Waals surface area contributed by atoms with Crippen molar-refractivity contribution in [3.63, 3.8) is 0 Å². The fourth-order valence-corrected chi connectivity index (χ4v) is 5.07. The molecule has 196 valence electrons. The first-order chi connectivity index (χ1) is 17.6. The van der Waals surface area contributed by atoms with Crippen molar-refractivity contribution in [1.29, 1.82) is 0 Å².